The zero-order valence-corrected chi connectivity index (χ0v) is 12.2. The lowest BCUT2D eigenvalue weighted by molar-refractivity contribution is -0.118. The van der Waals surface area contributed by atoms with Crippen LogP contribution in [0.25, 0.3) is 0 Å². The maximum Gasteiger partial charge on any atom is 0.339 e. The number of carboxylic acids is 1. The summed E-state index contributed by atoms with van der Waals surface area (Å²) in [6, 6.07) is 4.46. The number of hydrogen-bond acceptors (Lipinski definition) is 3. The Bertz CT molecular complexity index is 590. The van der Waals surface area contributed by atoms with Gasteiger partial charge in [-0.15, -0.1) is 0 Å². The molecule has 1 aliphatic carbocycles. The molecule has 112 valence electrons. The third-order valence-corrected chi connectivity index (χ3v) is 4.83. The van der Waals surface area contributed by atoms with E-state index in [4.69, 9.17) is 11.6 Å². The lowest BCUT2D eigenvalue weighted by atomic mass is 9.93. The molecule has 1 aliphatic heterocycles. The van der Waals surface area contributed by atoms with Gasteiger partial charge in [-0.1, -0.05) is 24.1 Å². The van der Waals surface area contributed by atoms with E-state index in [1.165, 1.54) is 18.9 Å². The SMILES string of the molecule is O=C(O)c1c(Cl)cccc1NC(=O)C1NCC2CCCC21. The van der Waals surface area contributed by atoms with E-state index in [0.29, 0.717) is 11.8 Å². The Hall–Kier alpha value is -1.59. The molecule has 0 radical (unpaired) electrons. The van der Waals surface area contributed by atoms with Crippen LogP contribution in [0.3, 0.4) is 0 Å². The van der Waals surface area contributed by atoms with Gasteiger partial charge in [0.2, 0.25) is 5.91 Å². The summed E-state index contributed by atoms with van der Waals surface area (Å²) in [5, 5.41) is 15.3. The number of benzene rings is 1. The molecule has 0 spiro atoms. The monoisotopic (exact) mass is 308 g/mol. The molecule has 2 fully saturated rings. The highest BCUT2D eigenvalue weighted by Crippen LogP contribution is 2.38. The van der Waals surface area contributed by atoms with Gasteiger partial charge >= 0.3 is 5.97 Å². The minimum absolute atomic E-state index is 0.0616. The van der Waals surface area contributed by atoms with Crippen molar-refractivity contribution in [2.24, 2.45) is 11.8 Å². The van der Waals surface area contributed by atoms with E-state index in [0.717, 1.165) is 13.0 Å². The largest absolute Gasteiger partial charge is 0.478 e. The molecule has 3 unspecified atom stereocenters. The van der Waals surface area contributed by atoms with Crippen molar-refractivity contribution >= 4 is 29.2 Å². The fourth-order valence-corrected chi connectivity index (χ4v) is 3.79. The molecule has 1 aromatic rings. The average Bonchev–Trinajstić information content (AvgIpc) is 2.99. The number of hydrogen-bond donors (Lipinski definition) is 3. The Morgan fingerprint density at radius 2 is 2.14 bits per heavy atom. The number of carboxylic acid groups (broad SMARTS) is 1. The van der Waals surface area contributed by atoms with E-state index >= 15 is 0 Å². The van der Waals surface area contributed by atoms with Gasteiger partial charge < -0.3 is 15.7 Å². The lowest BCUT2D eigenvalue weighted by Gasteiger charge is -2.18. The number of anilines is 1. The number of carbonyl (C=O) groups excluding carboxylic acids is 1. The van der Waals surface area contributed by atoms with Gasteiger partial charge in [-0.3, -0.25) is 4.79 Å². The molecule has 3 atom stereocenters. The van der Waals surface area contributed by atoms with Gasteiger partial charge in [-0.25, -0.2) is 4.79 Å². The lowest BCUT2D eigenvalue weighted by Crippen LogP contribution is -2.40. The summed E-state index contributed by atoms with van der Waals surface area (Å²) in [6.07, 6.45) is 3.38. The maximum absolute atomic E-state index is 12.4. The number of halogens is 1. The molecule has 0 aromatic heterocycles. The number of rotatable bonds is 3. The molecule has 3 N–H and O–H groups in total. The van der Waals surface area contributed by atoms with Gasteiger partial charge in [-0.05, 0) is 43.4 Å². The molecule has 21 heavy (non-hydrogen) atoms. The number of amides is 1. The number of aromatic carboxylic acids is 1. The molecule has 1 saturated carbocycles. The van der Waals surface area contributed by atoms with Crippen LogP contribution >= 0.6 is 11.6 Å². The first-order valence-electron chi connectivity index (χ1n) is 7.14. The van der Waals surface area contributed by atoms with Gasteiger partial charge in [0.15, 0.2) is 0 Å². The summed E-state index contributed by atoms with van der Waals surface area (Å²) in [7, 11) is 0. The van der Waals surface area contributed by atoms with Crippen molar-refractivity contribution in [2.45, 2.75) is 25.3 Å². The summed E-state index contributed by atoms with van der Waals surface area (Å²) in [5.74, 6) is -0.389. The molecule has 6 heteroatoms. The molecular weight excluding hydrogens is 292 g/mol. The summed E-state index contributed by atoms with van der Waals surface area (Å²) in [4.78, 5) is 23.7. The van der Waals surface area contributed by atoms with Crippen LogP contribution in [0.5, 0.6) is 0 Å². The zero-order chi connectivity index (χ0) is 15.0. The Morgan fingerprint density at radius 1 is 1.33 bits per heavy atom. The predicted molar refractivity (Wildman–Crippen MR) is 79.7 cm³/mol. The van der Waals surface area contributed by atoms with Crippen molar-refractivity contribution in [1.82, 2.24) is 5.32 Å². The molecule has 5 nitrogen and oxygen atoms in total. The van der Waals surface area contributed by atoms with Gasteiger partial charge in [0.1, 0.15) is 5.56 Å². The Morgan fingerprint density at radius 3 is 2.90 bits per heavy atom. The zero-order valence-electron chi connectivity index (χ0n) is 11.4. The molecule has 1 amide bonds. The van der Waals surface area contributed by atoms with Crippen LogP contribution in [0.4, 0.5) is 5.69 Å². The minimum atomic E-state index is -1.14. The van der Waals surface area contributed by atoms with E-state index in [1.54, 1.807) is 12.1 Å². The van der Waals surface area contributed by atoms with Crippen LogP contribution in [0.15, 0.2) is 18.2 Å². The van der Waals surface area contributed by atoms with Crippen molar-refractivity contribution in [3.63, 3.8) is 0 Å². The summed E-state index contributed by atoms with van der Waals surface area (Å²) < 4.78 is 0. The van der Waals surface area contributed by atoms with Crippen molar-refractivity contribution < 1.29 is 14.7 Å². The van der Waals surface area contributed by atoms with Crippen LogP contribution in [0.2, 0.25) is 5.02 Å². The van der Waals surface area contributed by atoms with Crippen molar-refractivity contribution in [2.75, 3.05) is 11.9 Å². The summed E-state index contributed by atoms with van der Waals surface area (Å²) in [5.41, 5.74) is 0.191. The standard InChI is InChI=1S/C15H17ClN2O3/c16-10-5-2-6-11(12(10)15(20)21)18-14(19)13-9-4-1-3-8(9)7-17-13/h2,5-6,8-9,13,17H,1,3-4,7H2,(H,18,19)(H,20,21). The highest BCUT2D eigenvalue weighted by molar-refractivity contribution is 6.34. The maximum atomic E-state index is 12.4. The number of fused-ring (bicyclic) bond motifs is 1. The second kappa shape index (κ2) is 5.66. The fraction of sp³-hybridized carbons (Fsp3) is 0.467. The van der Waals surface area contributed by atoms with Gasteiger partial charge in [-0.2, -0.15) is 0 Å². The topological polar surface area (TPSA) is 78.4 Å². The third kappa shape index (κ3) is 2.63. The average molecular weight is 309 g/mol. The van der Waals surface area contributed by atoms with Crippen LogP contribution < -0.4 is 10.6 Å². The van der Waals surface area contributed by atoms with Crippen LogP contribution in [-0.2, 0) is 4.79 Å². The van der Waals surface area contributed by atoms with Crippen LogP contribution in [0, 0.1) is 11.8 Å². The minimum Gasteiger partial charge on any atom is -0.478 e. The molecule has 3 rings (SSSR count). The Labute approximate surface area is 127 Å². The van der Waals surface area contributed by atoms with Crippen molar-refractivity contribution in [3.05, 3.63) is 28.8 Å². The molecular formula is C15H17ClN2O3. The van der Waals surface area contributed by atoms with E-state index in [2.05, 4.69) is 10.6 Å². The summed E-state index contributed by atoms with van der Waals surface area (Å²) in [6.45, 7) is 0.865. The smallest absolute Gasteiger partial charge is 0.339 e. The normalized spacial score (nSPS) is 27.4. The van der Waals surface area contributed by atoms with Gasteiger partial charge in [0, 0.05) is 0 Å². The molecule has 1 saturated heterocycles. The first-order valence-corrected chi connectivity index (χ1v) is 7.52. The second-order valence-electron chi connectivity index (χ2n) is 5.70. The van der Waals surface area contributed by atoms with Gasteiger partial charge in [0.05, 0.1) is 16.8 Å². The van der Waals surface area contributed by atoms with Crippen LogP contribution in [0.1, 0.15) is 29.6 Å². The Kier molecular flexibility index (Phi) is 3.87. The highest BCUT2D eigenvalue weighted by Gasteiger charge is 2.42. The van der Waals surface area contributed by atoms with Gasteiger partial charge in [0.25, 0.3) is 0 Å². The fourth-order valence-electron chi connectivity index (χ4n) is 3.53. The second-order valence-corrected chi connectivity index (χ2v) is 6.10. The highest BCUT2D eigenvalue weighted by atomic mass is 35.5. The predicted octanol–water partition coefficient (Wildman–Crippen LogP) is 2.36. The van der Waals surface area contributed by atoms with Crippen LogP contribution in [-0.4, -0.2) is 29.6 Å². The summed E-state index contributed by atoms with van der Waals surface area (Å²) >= 11 is 5.91. The van der Waals surface area contributed by atoms with Crippen molar-refractivity contribution in [1.29, 1.82) is 0 Å². The van der Waals surface area contributed by atoms with E-state index in [-0.39, 0.29) is 28.2 Å². The first-order chi connectivity index (χ1) is 10.1. The number of carbonyl (C=O) groups is 2. The molecule has 1 heterocycles. The van der Waals surface area contributed by atoms with E-state index in [1.807, 2.05) is 0 Å². The third-order valence-electron chi connectivity index (χ3n) is 4.51. The Balaban J connectivity index is 1.79. The van der Waals surface area contributed by atoms with Crippen molar-refractivity contribution in [3.8, 4) is 0 Å². The molecule has 2 aliphatic rings. The van der Waals surface area contributed by atoms with E-state index < -0.39 is 5.97 Å². The van der Waals surface area contributed by atoms with E-state index in [9.17, 15) is 14.7 Å². The number of nitrogens with one attached hydrogen (secondary N) is 2. The first kappa shape index (κ1) is 14.4. The molecule has 0 bridgehead atoms. The quantitative estimate of drug-likeness (QED) is 0.801. The molecule has 1 aromatic carbocycles.